The van der Waals surface area contributed by atoms with Crippen LogP contribution in [0, 0.1) is 0 Å². The number of carbonyl (C=O) groups is 2. The molecule has 2 aromatic carbocycles. The highest BCUT2D eigenvalue weighted by Gasteiger charge is 2.23. The van der Waals surface area contributed by atoms with Crippen molar-refractivity contribution in [2.24, 2.45) is 0 Å². The van der Waals surface area contributed by atoms with Crippen molar-refractivity contribution in [1.29, 1.82) is 0 Å². The average Bonchev–Trinajstić information content (AvgIpc) is 3.16. The Balaban J connectivity index is 1.78. The van der Waals surface area contributed by atoms with Crippen LogP contribution in [-0.4, -0.2) is 16.8 Å². The molecule has 3 rings (SSSR count). The molecule has 5 nitrogen and oxygen atoms in total. The van der Waals surface area contributed by atoms with Gasteiger partial charge in [0.15, 0.2) is 0 Å². The summed E-state index contributed by atoms with van der Waals surface area (Å²) in [7, 11) is 0. The van der Waals surface area contributed by atoms with E-state index >= 15 is 0 Å². The second-order valence-corrected chi connectivity index (χ2v) is 5.95. The molecule has 6 heteroatoms. The maximum atomic E-state index is 12.7. The molecule has 1 heterocycles. The summed E-state index contributed by atoms with van der Waals surface area (Å²) in [6.07, 6.45) is 1.46. The number of benzene rings is 2. The largest absolute Gasteiger partial charge is 0.281 e. The van der Waals surface area contributed by atoms with Gasteiger partial charge in [0.1, 0.15) is 4.88 Å². The highest BCUT2D eigenvalue weighted by molar-refractivity contribution is 7.11. The molecule has 0 spiro atoms. The van der Waals surface area contributed by atoms with E-state index in [0.717, 1.165) is 11.1 Å². The zero-order chi connectivity index (χ0) is 16.8. The Morgan fingerprint density at radius 2 is 1.46 bits per heavy atom. The SMILES string of the molecule is O=C(NNC(=O)C(c1ccccc1)c1ccccc1)c1cncs1. The van der Waals surface area contributed by atoms with Gasteiger partial charge in [0.2, 0.25) is 5.91 Å². The maximum absolute atomic E-state index is 12.7. The third-order valence-electron chi connectivity index (χ3n) is 3.48. The fourth-order valence-corrected chi connectivity index (χ4v) is 2.88. The van der Waals surface area contributed by atoms with Crippen LogP contribution in [-0.2, 0) is 4.79 Å². The third-order valence-corrected chi connectivity index (χ3v) is 4.26. The Morgan fingerprint density at radius 1 is 0.875 bits per heavy atom. The molecule has 0 aliphatic heterocycles. The Morgan fingerprint density at radius 3 is 1.96 bits per heavy atom. The van der Waals surface area contributed by atoms with E-state index in [0.29, 0.717) is 4.88 Å². The first-order valence-corrected chi connectivity index (χ1v) is 8.22. The van der Waals surface area contributed by atoms with E-state index in [1.807, 2.05) is 60.7 Å². The first kappa shape index (κ1) is 15.9. The number of amides is 2. The molecule has 24 heavy (non-hydrogen) atoms. The molecule has 0 aliphatic rings. The van der Waals surface area contributed by atoms with Crippen LogP contribution in [0.25, 0.3) is 0 Å². The normalized spacial score (nSPS) is 10.4. The van der Waals surface area contributed by atoms with Crippen LogP contribution in [0.15, 0.2) is 72.4 Å². The molecular formula is C18H15N3O2S. The molecule has 1 aromatic heterocycles. The zero-order valence-electron chi connectivity index (χ0n) is 12.7. The smallest absolute Gasteiger partial charge is 0.272 e. The topological polar surface area (TPSA) is 71.1 Å². The van der Waals surface area contributed by atoms with E-state index in [4.69, 9.17) is 0 Å². The van der Waals surface area contributed by atoms with Crippen molar-refractivity contribution < 1.29 is 9.59 Å². The minimum Gasteiger partial charge on any atom is -0.272 e. The van der Waals surface area contributed by atoms with Gasteiger partial charge in [-0.2, -0.15) is 0 Å². The first-order chi connectivity index (χ1) is 11.8. The van der Waals surface area contributed by atoms with Gasteiger partial charge in [-0.05, 0) is 11.1 Å². The second-order valence-electron chi connectivity index (χ2n) is 5.06. The number of carbonyl (C=O) groups excluding carboxylic acids is 2. The zero-order valence-corrected chi connectivity index (χ0v) is 13.5. The molecule has 0 saturated heterocycles. The lowest BCUT2D eigenvalue weighted by Gasteiger charge is -2.18. The Labute approximate surface area is 143 Å². The van der Waals surface area contributed by atoms with Crippen molar-refractivity contribution in [3.63, 3.8) is 0 Å². The minimum absolute atomic E-state index is 0.301. The van der Waals surface area contributed by atoms with Crippen molar-refractivity contribution in [3.05, 3.63) is 88.4 Å². The predicted octanol–water partition coefficient (Wildman–Crippen LogP) is 2.74. The summed E-state index contributed by atoms with van der Waals surface area (Å²) in [5.74, 6) is -1.19. The highest BCUT2D eigenvalue weighted by Crippen LogP contribution is 2.24. The molecule has 0 atom stereocenters. The van der Waals surface area contributed by atoms with Gasteiger partial charge in [0.05, 0.1) is 17.6 Å². The van der Waals surface area contributed by atoms with Gasteiger partial charge in [-0.3, -0.25) is 25.4 Å². The summed E-state index contributed by atoms with van der Waals surface area (Å²) >= 11 is 1.21. The Kier molecular flexibility index (Phi) is 4.98. The maximum Gasteiger partial charge on any atom is 0.281 e. The number of hydrazine groups is 1. The molecule has 0 saturated carbocycles. The standard InChI is InChI=1S/C18H15N3O2S/c22-17(15-11-19-12-24-15)20-21-18(23)16(13-7-3-1-4-8-13)14-9-5-2-6-10-14/h1-12,16H,(H,20,22)(H,21,23). The van der Waals surface area contributed by atoms with Crippen LogP contribution in [0.1, 0.15) is 26.7 Å². The van der Waals surface area contributed by atoms with E-state index in [9.17, 15) is 9.59 Å². The highest BCUT2D eigenvalue weighted by atomic mass is 32.1. The Bertz CT molecular complexity index is 765. The van der Waals surface area contributed by atoms with E-state index in [2.05, 4.69) is 15.8 Å². The molecule has 2 N–H and O–H groups in total. The summed E-state index contributed by atoms with van der Waals surface area (Å²) in [6, 6.07) is 18.9. The lowest BCUT2D eigenvalue weighted by atomic mass is 9.91. The molecular weight excluding hydrogens is 322 g/mol. The van der Waals surface area contributed by atoms with E-state index in [1.54, 1.807) is 5.51 Å². The lowest BCUT2D eigenvalue weighted by Crippen LogP contribution is -2.44. The number of nitrogens with zero attached hydrogens (tertiary/aromatic N) is 1. The van der Waals surface area contributed by atoms with Crippen LogP contribution < -0.4 is 10.9 Å². The van der Waals surface area contributed by atoms with Crippen LogP contribution in [0.2, 0.25) is 0 Å². The number of aromatic nitrogens is 1. The van der Waals surface area contributed by atoms with Crippen LogP contribution in [0.5, 0.6) is 0 Å². The van der Waals surface area contributed by atoms with Gasteiger partial charge < -0.3 is 0 Å². The van der Waals surface area contributed by atoms with Crippen molar-refractivity contribution >= 4 is 23.2 Å². The quantitative estimate of drug-likeness (QED) is 0.719. The van der Waals surface area contributed by atoms with Crippen molar-refractivity contribution in [2.45, 2.75) is 5.92 Å². The first-order valence-electron chi connectivity index (χ1n) is 7.34. The molecule has 0 fully saturated rings. The predicted molar refractivity (Wildman–Crippen MR) is 92.4 cm³/mol. The fourth-order valence-electron chi connectivity index (χ4n) is 2.37. The van der Waals surface area contributed by atoms with Gasteiger partial charge in [0.25, 0.3) is 5.91 Å². The number of hydrogen-bond donors (Lipinski definition) is 2. The average molecular weight is 337 g/mol. The van der Waals surface area contributed by atoms with Crippen molar-refractivity contribution in [1.82, 2.24) is 15.8 Å². The molecule has 2 amide bonds. The number of nitrogens with one attached hydrogen (secondary N) is 2. The van der Waals surface area contributed by atoms with Gasteiger partial charge in [-0.15, -0.1) is 11.3 Å². The Hall–Kier alpha value is -2.99. The van der Waals surface area contributed by atoms with E-state index in [-0.39, 0.29) is 11.8 Å². The van der Waals surface area contributed by atoms with Crippen LogP contribution in [0.4, 0.5) is 0 Å². The number of thiazole rings is 1. The summed E-state index contributed by atoms with van der Waals surface area (Å²) in [4.78, 5) is 28.9. The summed E-state index contributed by atoms with van der Waals surface area (Å²) < 4.78 is 0. The van der Waals surface area contributed by atoms with Gasteiger partial charge in [-0.1, -0.05) is 60.7 Å². The van der Waals surface area contributed by atoms with Crippen molar-refractivity contribution in [2.75, 3.05) is 0 Å². The minimum atomic E-state index is -0.505. The van der Waals surface area contributed by atoms with Gasteiger partial charge in [-0.25, -0.2) is 0 Å². The van der Waals surface area contributed by atoms with E-state index < -0.39 is 5.92 Å². The van der Waals surface area contributed by atoms with Crippen LogP contribution in [0.3, 0.4) is 0 Å². The molecule has 0 unspecified atom stereocenters. The molecule has 0 aliphatic carbocycles. The summed E-state index contributed by atoms with van der Waals surface area (Å²) in [5, 5.41) is 0. The number of hydrogen-bond acceptors (Lipinski definition) is 4. The lowest BCUT2D eigenvalue weighted by molar-refractivity contribution is -0.122. The second kappa shape index (κ2) is 7.52. The van der Waals surface area contributed by atoms with Gasteiger partial charge >= 0.3 is 0 Å². The van der Waals surface area contributed by atoms with Crippen molar-refractivity contribution in [3.8, 4) is 0 Å². The molecule has 0 radical (unpaired) electrons. The monoisotopic (exact) mass is 337 g/mol. The van der Waals surface area contributed by atoms with E-state index in [1.165, 1.54) is 17.5 Å². The number of rotatable bonds is 4. The third kappa shape index (κ3) is 3.67. The fraction of sp³-hybridized carbons (Fsp3) is 0.0556. The molecule has 3 aromatic rings. The molecule has 120 valence electrons. The molecule has 0 bridgehead atoms. The summed E-state index contributed by atoms with van der Waals surface area (Å²) in [6.45, 7) is 0. The summed E-state index contributed by atoms with van der Waals surface area (Å²) in [5.41, 5.74) is 8.22. The van der Waals surface area contributed by atoms with Gasteiger partial charge in [0, 0.05) is 0 Å². The van der Waals surface area contributed by atoms with Crippen LogP contribution >= 0.6 is 11.3 Å².